The topological polar surface area (TPSA) is 68.2 Å². The first kappa shape index (κ1) is 21.3. The SMILES string of the molecule is N#Cc1cccc(NC(=O)NC2(CN3CCCC3Cc3ccc(F)cc3F)CCC2)c1. The van der Waals surface area contributed by atoms with Gasteiger partial charge in [0.1, 0.15) is 11.6 Å². The minimum absolute atomic E-state index is 0.176. The molecule has 1 aliphatic heterocycles. The zero-order valence-corrected chi connectivity index (χ0v) is 17.3. The maximum absolute atomic E-state index is 14.1. The Morgan fingerprint density at radius 2 is 2.03 bits per heavy atom. The van der Waals surface area contributed by atoms with Crippen molar-refractivity contribution in [3.63, 3.8) is 0 Å². The first-order valence-corrected chi connectivity index (χ1v) is 10.7. The molecule has 0 bridgehead atoms. The van der Waals surface area contributed by atoms with E-state index in [1.807, 2.05) is 0 Å². The van der Waals surface area contributed by atoms with Crippen molar-refractivity contribution in [2.24, 2.45) is 0 Å². The van der Waals surface area contributed by atoms with Crippen LogP contribution in [0.4, 0.5) is 19.3 Å². The Balaban J connectivity index is 1.39. The first-order chi connectivity index (χ1) is 15.0. The Morgan fingerprint density at radius 1 is 1.19 bits per heavy atom. The molecule has 2 amide bonds. The minimum atomic E-state index is -0.562. The fourth-order valence-corrected chi connectivity index (χ4v) is 4.66. The number of benzene rings is 2. The van der Waals surface area contributed by atoms with Crippen LogP contribution < -0.4 is 10.6 Å². The summed E-state index contributed by atoms with van der Waals surface area (Å²) in [5.74, 6) is -1.06. The van der Waals surface area contributed by atoms with Crippen LogP contribution >= 0.6 is 0 Å². The third kappa shape index (κ3) is 5.02. The number of nitrogens with one attached hydrogen (secondary N) is 2. The molecule has 2 aliphatic rings. The van der Waals surface area contributed by atoms with Crippen LogP contribution in [0.25, 0.3) is 0 Å². The molecule has 5 nitrogen and oxygen atoms in total. The van der Waals surface area contributed by atoms with E-state index >= 15 is 0 Å². The van der Waals surface area contributed by atoms with E-state index in [9.17, 15) is 13.6 Å². The Morgan fingerprint density at radius 3 is 2.74 bits per heavy atom. The Bertz CT molecular complexity index is 999. The molecular formula is C24H26F2N4O. The van der Waals surface area contributed by atoms with Gasteiger partial charge in [-0.3, -0.25) is 4.90 Å². The smallest absolute Gasteiger partial charge is 0.319 e. The molecule has 1 unspecified atom stereocenters. The lowest BCUT2D eigenvalue weighted by molar-refractivity contribution is 0.109. The second kappa shape index (κ2) is 9.03. The summed E-state index contributed by atoms with van der Waals surface area (Å²) in [4.78, 5) is 15.0. The second-order valence-corrected chi connectivity index (χ2v) is 8.61. The number of carbonyl (C=O) groups excluding carboxylic acids is 1. The molecule has 1 saturated carbocycles. The number of nitriles is 1. The third-order valence-corrected chi connectivity index (χ3v) is 6.41. The van der Waals surface area contributed by atoms with Gasteiger partial charge in [0.25, 0.3) is 0 Å². The summed E-state index contributed by atoms with van der Waals surface area (Å²) in [6.07, 6.45) is 5.36. The number of hydrogen-bond acceptors (Lipinski definition) is 3. The van der Waals surface area contributed by atoms with Crippen molar-refractivity contribution in [3.05, 3.63) is 65.2 Å². The van der Waals surface area contributed by atoms with Crippen LogP contribution in [0.5, 0.6) is 0 Å². The van der Waals surface area contributed by atoms with Gasteiger partial charge in [0.2, 0.25) is 0 Å². The predicted molar refractivity (Wildman–Crippen MR) is 115 cm³/mol. The van der Waals surface area contributed by atoms with Crippen LogP contribution in [-0.4, -0.2) is 35.6 Å². The number of anilines is 1. The van der Waals surface area contributed by atoms with Gasteiger partial charge in [-0.15, -0.1) is 0 Å². The van der Waals surface area contributed by atoms with Crippen LogP contribution in [0.2, 0.25) is 0 Å². The molecule has 7 heteroatoms. The zero-order valence-electron chi connectivity index (χ0n) is 17.3. The average Bonchev–Trinajstić information content (AvgIpc) is 3.15. The van der Waals surface area contributed by atoms with Gasteiger partial charge in [-0.1, -0.05) is 12.1 Å². The molecule has 4 rings (SSSR count). The fourth-order valence-electron chi connectivity index (χ4n) is 4.66. The number of urea groups is 1. The summed E-state index contributed by atoms with van der Waals surface area (Å²) in [7, 11) is 0. The molecule has 31 heavy (non-hydrogen) atoms. The summed E-state index contributed by atoms with van der Waals surface area (Å²) in [6, 6.07) is 12.5. The lowest BCUT2D eigenvalue weighted by Crippen LogP contribution is -2.61. The van der Waals surface area contributed by atoms with Gasteiger partial charge in [0.15, 0.2) is 0 Å². The molecular weight excluding hydrogens is 398 g/mol. The second-order valence-electron chi connectivity index (χ2n) is 8.61. The van der Waals surface area contributed by atoms with E-state index in [0.29, 0.717) is 29.8 Å². The highest BCUT2D eigenvalue weighted by molar-refractivity contribution is 5.90. The van der Waals surface area contributed by atoms with E-state index in [1.54, 1.807) is 24.3 Å². The summed E-state index contributed by atoms with van der Waals surface area (Å²) in [5, 5.41) is 15.0. The lowest BCUT2D eigenvalue weighted by Gasteiger charge is -2.46. The summed E-state index contributed by atoms with van der Waals surface area (Å²) < 4.78 is 27.4. The number of rotatable bonds is 6. The van der Waals surface area contributed by atoms with Gasteiger partial charge in [-0.25, -0.2) is 13.6 Å². The normalized spacial score (nSPS) is 20.0. The van der Waals surface area contributed by atoms with Crippen molar-refractivity contribution >= 4 is 11.7 Å². The van der Waals surface area contributed by atoms with Crippen molar-refractivity contribution in [1.82, 2.24) is 10.2 Å². The fraction of sp³-hybridized carbons (Fsp3) is 0.417. The van der Waals surface area contributed by atoms with Crippen molar-refractivity contribution in [1.29, 1.82) is 5.26 Å². The van der Waals surface area contributed by atoms with Crippen molar-refractivity contribution < 1.29 is 13.6 Å². The quantitative estimate of drug-likeness (QED) is 0.713. The highest BCUT2D eigenvalue weighted by Crippen LogP contribution is 2.35. The van der Waals surface area contributed by atoms with Gasteiger partial charge < -0.3 is 10.6 Å². The van der Waals surface area contributed by atoms with Crippen LogP contribution in [0.1, 0.15) is 43.2 Å². The monoisotopic (exact) mass is 424 g/mol. The molecule has 2 fully saturated rings. The van der Waals surface area contributed by atoms with Gasteiger partial charge >= 0.3 is 6.03 Å². The van der Waals surface area contributed by atoms with E-state index in [2.05, 4.69) is 21.6 Å². The molecule has 0 aromatic heterocycles. The zero-order chi connectivity index (χ0) is 21.8. The largest absolute Gasteiger partial charge is 0.331 e. The average molecular weight is 424 g/mol. The number of likely N-dealkylation sites (tertiary alicyclic amines) is 1. The van der Waals surface area contributed by atoms with Crippen molar-refractivity contribution in [2.75, 3.05) is 18.4 Å². The number of carbonyl (C=O) groups is 1. The van der Waals surface area contributed by atoms with E-state index in [4.69, 9.17) is 5.26 Å². The molecule has 1 heterocycles. The number of hydrogen-bond donors (Lipinski definition) is 2. The van der Waals surface area contributed by atoms with Gasteiger partial charge in [-0.2, -0.15) is 5.26 Å². The van der Waals surface area contributed by atoms with Crippen LogP contribution in [0, 0.1) is 23.0 Å². The van der Waals surface area contributed by atoms with E-state index in [-0.39, 0.29) is 17.6 Å². The van der Waals surface area contributed by atoms with Gasteiger partial charge in [0, 0.05) is 24.3 Å². The van der Waals surface area contributed by atoms with Crippen LogP contribution in [0.3, 0.4) is 0 Å². The third-order valence-electron chi connectivity index (χ3n) is 6.41. The summed E-state index contributed by atoms with van der Waals surface area (Å²) >= 11 is 0. The van der Waals surface area contributed by atoms with Gasteiger partial charge in [-0.05, 0) is 74.9 Å². The summed E-state index contributed by atoms with van der Waals surface area (Å²) in [5.41, 5.74) is 1.30. The molecule has 2 aromatic rings. The highest BCUT2D eigenvalue weighted by atomic mass is 19.1. The molecule has 0 spiro atoms. The highest BCUT2D eigenvalue weighted by Gasteiger charge is 2.42. The molecule has 2 aromatic carbocycles. The van der Waals surface area contributed by atoms with E-state index in [0.717, 1.165) is 44.7 Å². The molecule has 2 N–H and O–H groups in total. The number of nitrogens with zero attached hydrogens (tertiary/aromatic N) is 2. The van der Waals surface area contributed by atoms with E-state index < -0.39 is 11.6 Å². The van der Waals surface area contributed by atoms with E-state index in [1.165, 1.54) is 12.1 Å². The maximum atomic E-state index is 14.1. The molecule has 1 aliphatic carbocycles. The molecule has 1 saturated heterocycles. The Hall–Kier alpha value is -2.98. The van der Waals surface area contributed by atoms with Crippen LogP contribution in [0.15, 0.2) is 42.5 Å². The Labute approximate surface area is 181 Å². The molecule has 1 atom stereocenters. The molecule has 0 radical (unpaired) electrons. The summed E-state index contributed by atoms with van der Waals surface area (Å²) in [6.45, 7) is 1.62. The van der Waals surface area contributed by atoms with Crippen LogP contribution in [-0.2, 0) is 6.42 Å². The van der Waals surface area contributed by atoms with Crippen molar-refractivity contribution in [2.45, 2.75) is 50.1 Å². The standard InChI is InChI=1S/C24H26F2N4O/c25-19-8-7-18(22(26)14-19)13-21-6-2-11-30(21)16-24(9-3-10-24)29-23(31)28-20-5-1-4-17(12-20)15-27/h1,4-5,7-8,12,14,21H,2-3,6,9-11,13,16H2,(H2,28,29,31). The first-order valence-electron chi connectivity index (χ1n) is 10.7. The van der Waals surface area contributed by atoms with Gasteiger partial charge in [0.05, 0.1) is 17.2 Å². The Kier molecular flexibility index (Phi) is 6.19. The van der Waals surface area contributed by atoms with Crippen molar-refractivity contribution in [3.8, 4) is 6.07 Å². The maximum Gasteiger partial charge on any atom is 0.319 e. The molecule has 162 valence electrons. The minimum Gasteiger partial charge on any atom is -0.331 e. The number of halogens is 2. The lowest BCUT2D eigenvalue weighted by atomic mass is 9.76. The predicted octanol–water partition coefficient (Wildman–Crippen LogP) is 4.59. The number of amides is 2.